The van der Waals surface area contributed by atoms with Crippen LogP contribution in [0.15, 0.2) is 47.7 Å². The van der Waals surface area contributed by atoms with Crippen LogP contribution in [0.5, 0.6) is 0 Å². The summed E-state index contributed by atoms with van der Waals surface area (Å²) in [6.07, 6.45) is 8.85. The summed E-state index contributed by atoms with van der Waals surface area (Å²) in [6, 6.07) is 11.0. The minimum atomic E-state index is 0.306. The van der Waals surface area contributed by atoms with Crippen molar-refractivity contribution in [3.8, 4) is 5.69 Å². The Hall–Kier alpha value is -2.30. The first-order valence-corrected chi connectivity index (χ1v) is 7.99. The van der Waals surface area contributed by atoms with Gasteiger partial charge in [-0.3, -0.25) is 0 Å². The van der Waals surface area contributed by atoms with Crippen molar-refractivity contribution in [2.24, 2.45) is 10.7 Å². The third kappa shape index (κ3) is 2.71. The first kappa shape index (κ1) is 13.4. The minimum Gasteiger partial charge on any atom is -0.370 e. The number of guanidine groups is 1. The average molecular weight is 295 g/mol. The smallest absolute Gasteiger partial charge is 0.189 e. The van der Waals surface area contributed by atoms with Gasteiger partial charge in [0.2, 0.25) is 0 Å². The fraction of sp³-hybridized carbons (Fsp3) is 0.412. The van der Waals surface area contributed by atoms with Crippen molar-refractivity contribution in [1.29, 1.82) is 0 Å². The molecule has 2 aliphatic carbocycles. The molecule has 2 atom stereocenters. The molecule has 1 heterocycles. The van der Waals surface area contributed by atoms with Crippen LogP contribution < -0.4 is 11.1 Å². The van der Waals surface area contributed by atoms with E-state index in [1.807, 2.05) is 29.1 Å². The quantitative estimate of drug-likeness (QED) is 0.671. The number of aromatic nitrogens is 2. The van der Waals surface area contributed by atoms with Crippen molar-refractivity contribution in [1.82, 2.24) is 15.1 Å². The second-order valence-electron chi connectivity index (χ2n) is 6.25. The van der Waals surface area contributed by atoms with E-state index in [-0.39, 0.29) is 0 Å². The molecule has 2 fully saturated rings. The lowest BCUT2D eigenvalue weighted by atomic mass is 9.93. The van der Waals surface area contributed by atoms with E-state index in [0.717, 1.165) is 12.1 Å². The second-order valence-corrected chi connectivity index (χ2v) is 6.25. The van der Waals surface area contributed by atoms with Crippen molar-refractivity contribution in [2.75, 3.05) is 0 Å². The van der Waals surface area contributed by atoms with Crippen molar-refractivity contribution in [3.05, 3.63) is 48.3 Å². The van der Waals surface area contributed by atoms with Gasteiger partial charge in [-0.2, -0.15) is 5.10 Å². The van der Waals surface area contributed by atoms with Gasteiger partial charge >= 0.3 is 0 Å². The molecule has 0 aliphatic heterocycles. The summed E-state index contributed by atoms with van der Waals surface area (Å²) in [5.41, 5.74) is 8.31. The van der Waals surface area contributed by atoms with Gasteiger partial charge in [0.05, 0.1) is 17.9 Å². The first-order chi connectivity index (χ1) is 10.8. The van der Waals surface area contributed by atoms with Crippen molar-refractivity contribution in [2.45, 2.75) is 43.7 Å². The van der Waals surface area contributed by atoms with Crippen LogP contribution >= 0.6 is 0 Å². The Kier molecular flexibility index (Phi) is 3.33. The normalized spacial score (nSPS) is 24.8. The van der Waals surface area contributed by atoms with Crippen molar-refractivity contribution in [3.63, 3.8) is 0 Å². The van der Waals surface area contributed by atoms with Gasteiger partial charge in [0.15, 0.2) is 5.96 Å². The fourth-order valence-electron chi connectivity index (χ4n) is 2.91. The molecule has 0 amide bonds. The maximum Gasteiger partial charge on any atom is 0.189 e. The zero-order valence-electron chi connectivity index (χ0n) is 12.5. The number of hydrogen-bond acceptors (Lipinski definition) is 2. The molecule has 0 bridgehead atoms. The lowest BCUT2D eigenvalue weighted by molar-refractivity contribution is 0.382. The van der Waals surface area contributed by atoms with Gasteiger partial charge in [-0.05, 0) is 43.4 Å². The van der Waals surface area contributed by atoms with E-state index in [4.69, 9.17) is 5.73 Å². The summed E-state index contributed by atoms with van der Waals surface area (Å²) < 4.78 is 1.92. The number of nitrogens with two attached hydrogens (primary N) is 1. The van der Waals surface area contributed by atoms with Gasteiger partial charge < -0.3 is 11.1 Å². The van der Waals surface area contributed by atoms with Gasteiger partial charge in [-0.15, -0.1) is 0 Å². The largest absolute Gasteiger partial charge is 0.370 e. The third-order valence-electron chi connectivity index (χ3n) is 4.57. The van der Waals surface area contributed by atoms with Crippen LogP contribution in [0.2, 0.25) is 0 Å². The van der Waals surface area contributed by atoms with E-state index in [1.165, 1.54) is 24.8 Å². The maximum atomic E-state index is 5.98. The Morgan fingerprint density at radius 2 is 2.09 bits per heavy atom. The SMILES string of the molecule is NC(=N[C@@H]1C[C@H]1c1cnn(-c2ccccc2)c1)NC1CCC1. The second kappa shape index (κ2) is 5.48. The van der Waals surface area contributed by atoms with Gasteiger partial charge in [-0.1, -0.05) is 18.2 Å². The summed E-state index contributed by atoms with van der Waals surface area (Å²) in [6.45, 7) is 0. The lowest BCUT2D eigenvalue weighted by Crippen LogP contribution is -2.43. The van der Waals surface area contributed by atoms with E-state index in [0.29, 0.717) is 24.0 Å². The Labute approximate surface area is 130 Å². The number of nitrogens with one attached hydrogen (secondary N) is 1. The summed E-state index contributed by atoms with van der Waals surface area (Å²) in [5.74, 6) is 1.06. The highest BCUT2D eigenvalue weighted by Crippen LogP contribution is 2.43. The summed E-state index contributed by atoms with van der Waals surface area (Å²) in [7, 11) is 0. The molecule has 4 rings (SSSR count). The highest BCUT2D eigenvalue weighted by molar-refractivity contribution is 5.78. The standard InChI is InChI=1S/C17H21N5/c18-17(20-13-5-4-6-13)21-16-9-15(16)12-10-19-22(11-12)14-7-2-1-3-8-14/h1-3,7-8,10-11,13,15-16H,4-6,9H2,(H3,18,20,21)/t15-,16+/m0/s1. The van der Waals surface area contributed by atoms with Crippen LogP contribution in [0.3, 0.4) is 0 Å². The molecule has 0 spiro atoms. The van der Waals surface area contributed by atoms with Gasteiger partial charge in [0, 0.05) is 18.2 Å². The average Bonchev–Trinajstić information content (AvgIpc) is 3.08. The van der Waals surface area contributed by atoms with E-state index in [1.54, 1.807) is 0 Å². The monoisotopic (exact) mass is 295 g/mol. The zero-order valence-corrected chi connectivity index (χ0v) is 12.5. The fourth-order valence-corrected chi connectivity index (χ4v) is 2.91. The molecular weight excluding hydrogens is 274 g/mol. The van der Waals surface area contributed by atoms with Gasteiger partial charge in [0.1, 0.15) is 0 Å². The number of benzene rings is 1. The molecular formula is C17H21N5. The highest BCUT2D eigenvalue weighted by Gasteiger charge is 2.39. The molecule has 5 heteroatoms. The zero-order chi connectivity index (χ0) is 14.9. The molecule has 2 saturated carbocycles. The van der Waals surface area contributed by atoms with Crippen LogP contribution in [0.25, 0.3) is 5.69 Å². The summed E-state index contributed by atoms with van der Waals surface area (Å²) >= 11 is 0. The molecule has 0 unspecified atom stereocenters. The molecule has 5 nitrogen and oxygen atoms in total. The molecule has 2 aromatic rings. The Bertz CT molecular complexity index is 671. The molecule has 3 N–H and O–H groups in total. The van der Waals surface area contributed by atoms with E-state index >= 15 is 0 Å². The maximum absolute atomic E-state index is 5.98. The molecule has 114 valence electrons. The third-order valence-corrected chi connectivity index (χ3v) is 4.57. The number of nitrogens with zero attached hydrogens (tertiary/aromatic N) is 3. The first-order valence-electron chi connectivity index (χ1n) is 7.99. The van der Waals surface area contributed by atoms with Crippen LogP contribution in [0, 0.1) is 0 Å². The van der Waals surface area contributed by atoms with Crippen molar-refractivity contribution >= 4 is 5.96 Å². The molecule has 22 heavy (non-hydrogen) atoms. The summed E-state index contributed by atoms with van der Waals surface area (Å²) in [5, 5.41) is 7.75. The predicted molar refractivity (Wildman–Crippen MR) is 87.1 cm³/mol. The van der Waals surface area contributed by atoms with E-state index in [2.05, 4.69) is 33.7 Å². The predicted octanol–water partition coefficient (Wildman–Crippen LogP) is 2.18. The van der Waals surface area contributed by atoms with Crippen LogP contribution in [0.4, 0.5) is 0 Å². The molecule has 2 aliphatic rings. The molecule has 1 aromatic heterocycles. The minimum absolute atomic E-state index is 0.306. The van der Waals surface area contributed by atoms with E-state index < -0.39 is 0 Å². The highest BCUT2D eigenvalue weighted by atomic mass is 15.3. The molecule has 1 aromatic carbocycles. The van der Waals surface area contributed by atoms with Crippen LogP contribution in [-0.4, -0.2) is 27.8 Å². The van der Waals surface area contributed by atoms with Crippen molar-refractivity contribution < 1.29 is 0 Å². The van der Waals surface area contributed by atoms with Gasteiger partial charge in [0.25, 0.3) is 0 Å². The number of para-hydroxylation sites is 1. The van der Waals surface area contributed by atoms with Gasteiger partial charge in [-0.25, -0.2) is 9.67 Å². The topological polar surface area (TPSA) is 68.2 Å². The lowest BCUT2D eigenvalue weighted by Gasteiger charge is -2.26. The Balaban J connectivity index is 1.40. The van der Waals surface area contributed by atoms with E-state index in [9.17, 15) is 0 Å². The Morgan fingerprint density at radius 3 is 2.82 bits per heavy atom. The number of hydrogen-bond donors (Lipinski definition) is 2. The summed E-state index contributed by atoms with van der Waals surface area (Å²) in [4.78, 5) is 4.60. The van der Waals surface area contributed by atoms with Crippen LogP contribution in [0.1, 0.15) is 37.2 Å². The number of aliphatic imine (C=N–C) groups is 1. The van der Waals surface area contributed by atoms with Crippen LogP contribution in [-0.2, 0) is 0 Å². The Morgan fingerprint density at radius 1 is 1.27 bits per heavy atom. The number of rotatable bonds is 4. The molecule has 0 saturated heterocycles. The molecule has 0 radical (unpaired) electrons.